The van der Waals surface area contributed by atoms with Gasteiger partial charge in [0.2, 0.25) is 0 Å². The van der Waals surface area contributed by atoms with Crippen LogP contribution in [0.25, 0.3) is 0 Å². The average molecular weight is 254 g/mol. The molecule has 1 aromatic rings. The van der Waals surface area contributed by atoms with Gasteiger partial charge in [0.1, 0.15) is 0 Å². The Morgan fingerprint density at radius 3 is 3.00 bits per heavy atom. The van der Waals surface area contributed by atoms with Crippen LogP contribution in [0.5, 0.6) is 0 Å². The van der Waals surface area contributed by atoms with Crippen molar-refractivity contribution in [3.63, 3.8) is 0 Å². The Balaban J connectivity index is 1.90. The van der Waals surface area contributed by atoms with Gasteiger partial charge in [-0.05, 0) is 40.4 Å². The van der Waals surface area contributed by atoms with E-state index in [0.717, 1.165) is 6.54 Å². The number of rotatable bonds is 3. The molecule has 0 aliphatic carbocycles. The van der Waals surface area contributed by atoms with E-state index in [1.54, 1.807) is 11.3 Å². The van der Waals surface area contributed by atoms with Crippen molar-refractivity contribution in [1.29, 1.82) is 0 Å². The predicted octanol–water partition coefficient (Wildman–Crippen LogP) is 1.64. The van der Waals surface area contributed by atoms with Crippen molar-refractivity contribution in [2.24, 2.45) is 0 Å². The van der Waals surface area contributed by atoms with Gasteiger partial charge < -0.3 is 10.6 Å². The van der Waals surface area contributed by atoms with Crippen LogP contribution in [0.3, 0.4) is 0 Å². The zero-order valence-corrected chi connectivity index (χ0v) is 11.7. The van der Waals surface area contributed by atoms with E-state index in [0.29, 0.717) is 17.2 Å². The summed E-state index contributed by atoms with van der Waals surface area (Å²) in [6.07, 6.45) is 4.40. The number of aromatic nitrogens is 1. The molecule has 1 aliphatic rings. The van der Waals surface area contributed by atoms with Crippen molar-refractivity contribution in [3.8, 4) is 0 Å². The summed E-state index contributed by atoms with van der Waals surface area (Å²) in [5, 5.41) is 0.671. The fourth-order valence-electron chi connectivity index (χ4n) is 2.44. The Kier molecular flexibility index (Phi) is 4.01. The van der Waals surface area contributed by atoms with Crippen LogP contribution in [0.15, 0.2) is 6.20 Å². The highest BCUT2D eigenvalue weighted by Crippen LogP contribution is 2.23. The van der Waals surface area contributed by atoms with E-state index in [2.05, 4.69) is 35.8 Å². The van der Waals surface area contributed by atoms with Crippen molar-refractivity contribution in [1.82, 2.24) is 14.8 Å². The summed E-state index contributed by atoms with van der Waals surface area (Å²) in [5.74, 6) is 0. The van der Waals surface area contributed by atoms with Crippen LogP contribution in [-0.2, 0) is 6.54 Å². The molecule has 1 aromatic heterocycles. The van der Waals surface area contributed by atoms with Gasteiger partial charge in [0, 0.05) is 29.7 Å². The first-order chi connectivity index (χ1) is 8.06. The van der Waals surface area contributed by atoms with Crippen LogP contribution in [-0.4, -0.2) is 47.5 Å². The second-order valence-corrected chi connectivity index (χ2v) is 6.23. The van der Waals surface area contributed by atoms with Gasteiger partial charge in [-0.1, -0.05) is 0 Å². The summed E-state index contributed by atoms with van der Waals surface area (Å²) in [6, 6.07) is 1.37. The second-order valence-electron chi connectivity index (χ2n) is 5.09. The summed E-state index contributed by atoms with van der Waals surface area (Å²) in [4.78, 5) is 10.2. The number of nitrogen functional groups attached to an aromatic ring is 1. The van der Waals surface area contributed by atoms with E-state index in [4.69, 9.17) is 5.73 Å². The van der Waals surface area contributed by atoms with Crippen molar-refractivity contribution in [2.75, 3.05) is 26.4 Å². The van der Waals surface area contributed by atoms with Crippen LogP contribution in [0.2, 0.25) is 0 Å². The first kappa shape index (κ1) is 12.8. The first-order valence-electron chi connectivity index (χ1n) is 6.17. The number of likely N-dealkylation sites (tertiary alicyclic amines) is 1. The summed E-state index contributed by atoms with van der Waals surface area (Å²) in [6.45, 7) is 4.47. The number of nitrogens with two attached hydrogens (primary N) is 1. The fraction of sp³-hybridized carbons (Fsp3) is 0.750. The standard InChI is InChI=1S/C12H22N4S/c1-9-6-10(4-5-15(9)2)16(3)8-11-7-14-12(13)17-11/h7,9-10H,4-6,8H2,1-3H3,(H2,13,14). The van der Waals surface area contributed by atoms with Gasteiger partial charge in [-0.3, -0.25) is 4.90 Å². The zero-order chi connectivity index (χ0) is 12.4. The van der Waals surface area contributed by atoms with Gasteiger partial charge >= 0.3 is 0 Å². The summed E-state index contributed by atoms with van der Waals surface area (Å²) >= 11 is 1.60. The number of hydrogen-bond donors (Lipinski definition) is 1. The van der Waals surface area contributed by atoms with E-state index < -0.39 is 0 Å². The van der Waals surface area contributed by atoms with Gasteiger partial charge in [-0.15, -0.1) is 11.3 Å². The molecule has 96 valence electrons. The molecular formula is C12H22N4S. The van der Waals surface area contributed by atoms with E-state index in [-0.39, 0.29) is 0 Å². The third-order valence-electron chi connectivity index (χ3n) is 3.78. The first-order valence-corrected chi connectivity index (χ1v) is 6.98. The molecular weight excluding hydrogens is 232 g/mol. The molecule has 4 nitrogen and oxygen atoms in total. The van der Waals surface area contributed by atoms with Gasteiger partial charge in [0.15, 0.2) is 5.13 Å². The van der Waals surface area contributed by atoms with E-state index >= 15 is 0 Å². The maximum absolute atomic E-state index is 5.66. The maximum Gasteiger partial charge on any atom is 0.180 e. The number of piperidine rings is 1. The molecule has 2 atom stereocenters. The molecule has 0 amide bonds. The molecule has 5 heteroatoms. The molecule has 1 fully saturated rings. The second kappa shape index (κ2) is 5.33. The molecule has 1 aliphatic heterocycles. The molecule has 2 unspecified atom stereocenters. The SMILES string of the molecule is CC1CC(N(C)Cc2cnc(N)s2)CCN1C. The predicted molar refractivity (Wildman–Crippen MR) is 73.1 cm³/mol. The fourth-order valence-corrected chi connectivity index (χ4v) is 3.18. The Morgan fingerprint density at radius 1 is 1.65 bits per heavy atom. The molecule has 2 rings (SSSR count). The van der Waals surface area contributed by atoms with Crippen LogP contribution in [0.1, 0.15) is 24.6 Å². The van der Waals surface area contributed by atoms with Crippen molar-refractivity contribution in [3.05, 3.63) is 11.1 Å². The summed E-state index contributed by atoms with van der Waals surface area (Å²) in [7, 11) is 4.42. The van der Waals surface area contributed by atoms with E-state index in [1.165, 1.54) is 24.3 Å². The van der Waals surface area contributed by atoms with E-state index in [1.807, 2.05) is 6.20 Å². The highest BCUT2D eigenvalue weighted by Gasteiger charge is 2.25. The highest BCUT2D eigenvalue weighted by atomic mass is 32.1. The lowest BCUT2D eigenvalue weighted by atomic mass is 9.98. The van der Waals surface area contributed by atoms with E-state index in [9.17, 15) is 0 Å². The third kappa shape index (κ3) is 3.18. The van der Waals surface area contributed by atoms with Gasteiger partial charge in [0.25, 0.3) is 0 Å². The molecule has 0 aromatic carbocycles. The van der Waals surface area contributed by atoms with Crippen molar-refractivity contribution < 1.29 is 0 Å². The average Bonchev–Trinajstić information content (AvgIpc) is 2.68. The van der Waals surface area contributed by atoms with Crippen LogP contribution < -0.4 is 5.73 Å². The Hall–Kier alpha value is -0.650. The van der Waals surface area contributed by atoms with Gasteiger partial charge in [0.05, 0.1) is 0 Å². The number of thiazole rings is 1. The Bertz CT molecular complexity index is 365. The smallest absolute Gasteiger partial charge is 0.180 e. The van der Waals surface area contributed by atoms with Crippen LogP contribution in [0.4, 0.5) is 5.13 Å². The van der Waals surface area contributed by atoms with Crippen molar-refractivity contribution in [2.45, 2.75) is 38.4 Å². The molecule has 0 radical (unpaired) electrons. The summed E-state index contributed by atoms with van der Waals surface area (Å²) < 4.78 is 0. The lowest BCUT2D eigenvalue weighted by molar-refractivity contribution is 0.101. The van der Waals surface area contributed by atoms with Gasteiger partial charge in [-0.25, -0.2) is 4.98 Å². The molecule has 2 N–H and O–H groups in total. The number of anilines is 1. The molecule has 0 spiro atoms. The largest absolute Gasteiger partial charge is 0.375 e. The quantitative estimate of drug-likeness (QED) is 0.890. The lowest BCUT2D eigenvalue weighted by Crippen LogP contribution is -2.45. The molecule has 0 bridgehead atoms. The third-order valence-corrected chi connectivity index (χ3v) is 4.59. The maximum atomic E-state index is 5.66. The molecule has 1 saturated heterocycles. The normalized spacial score (nSPS) is 26.6. The Labute approximate surface area is 107 Å². The minimum absolute atomic E-state index is 0.671. The Morgan fingerprint density at radius 2 is 2.41 bits per heavy atom. The van der Waals surface area contributed by atoms with Crippen LogP contribution >= 0.6 is 11.3 Å². The van der Waals surface area contributed by atoms with Gasteiger partial charge in [-0.2, -0.15) is 0 Å². The number of hydrogen-bond acceptors (Lipinski definition) is 5. The number of nitrogens with zero attached hydrogens (tertiary/aromatic N) is 3. The molecule has 0 saturated carbocycles. The highest BCUT2D eigenvalue weighted by molar-refractivity contribution is 7.15. The minimum Gasteiger partial charge on any atom is -0.375 e. The lowest BCUT2D eigenvalue weighted by Gasteiger charge is -2.39. The van der Waals surface area contributed by atoms with Crippen LogP contribution in [0, 0.1) is 0 Å². The zero-order valence-electron chi connectivity index (χ0n) is 10.9. The molecule has 17 heavy (non-hydrogen) atoms. The molecule has 2 heterocycles. The minimum atomic E-state index is 0.671. The monoisotopic (exact) mass is 254 g/mol. The summed E-state index contributed by atoms with van der Waals surface area (Å²) in [5.41, 5.74) is 5.66. The topological polar surface area (TPSA) is 45.4 Å². The van der Waals surface area contributed by atoms with Crippen molar-refractivity contribution >= 4 is 16.5 Å².